The second-order valence-corrected chi connectivity index (χ2v) is 5.74. The molecule has 1 saturated heterocycles. The van der Waals surface area contributed by atoms with Crippen LogP contribution in [0.4, 0.5) is 0 Å². The summed E-state index contributed by atoms with van der Waals surface area (Å²) in [6.45, 7) is 5.88. The number of nitrogens with two attached hydrogens (primary N) is 1. The monoisotopic (exact) mass is 275 g/mol. The highest BCUT2D eigenvalue weighted by Gasteiger charge is 2.16. The molecule has 4 nitrogen and oxygen atoms in total. The number of hydrogen-bond acceptors (Lipinski definition) is 4. The number of likely N-dealkylation sites (tertiary alicyclic amines) is 1. The third kappa shape index (κ3) is 4.62. The van der Waals surface area contributed by atoms with Crippen molar-refractivity contribution in [2.24, 2.45) is 11.7 Å². The molecule has 0 bridgehead atoms. The number of nitrogens with zero attached hydrogens (tertiary/aromatic N) is 2. The topological polar surface area (TPSA) is 62.4 Å². The van der Waals surface area contributed by atoms with Crippen LogP contribution in [0, 0.1) is 5.92 Å². The molecule has 1 aromatic rings. The predicted molar refractivity (Wildman–Crippen MR) is 81.4 cm³/mol. The summed E-state index contributed by atoms with van der Waals surface area (Å²) < 4.78 is 0. The summed E-state index contributed by atoms with van der Waals surface area (Å²) in [5.74, 6) is 1.02. The molecule has 3 N–H and O–H groups in total. The highest BCUT2D eigenvalue weighted by molar-refractivity contribution is 5.18. The molecule has 2 rings (SSSR count). The zero-order valence-corrected chi connectivity index (χ0v) is 12.3. The van der Waals surface area contributed by atoms with Gasteiger partial charge in [-0.25, -0.2) is 0 Å². The molecular weight excluding hydrogens is 250 g/mol. The molecule has 1 atom stereocenters. The minimum Gasteiger partial charge on any atom is -0.511 e. The van der Waals surface area contributed by atoms with Gasteiger partial charge in [0.25, 0.3) is 0 Å². The number of aliphatic hydroxyl groups is 1. The van der Waals surface area contributed by atoms with Crippen molar-refractivity contribution in [3.8, 4) is 0 Å². The van der Waals surface area contributed by atoms with Gasteiger partial charge in [-0.2, -0.15) is 0 Å². The van der Waals surface area contributed by atoms with Gasteiger partial charge in [-0.15, -0.1) is 0 Å². The van der Waals surface area contributed by atoms with Crippen molar-refractivity contribution in [2.45, 2.75) is 32.7 Å². The number of rotatable bonds is 5. The molecule has 110 valence electrons. The fourth-order valence-corrected chi connectivity index (χ4v) is 2.73. The Labute approximate surface area is 121 Å². The van der Waals surface area contributed by atoms with E-state index in [2.05, 4.69) is 28.9 Å². The van der Waals surface area contributed by atoms with Gasteiger partial charge in [0.15, 0.2) is 0 Å². The minimum atomic E-state index is 0.186. The lowest BCUT2D eigenvalue weighted by Gasteiger charge is -2.30. The van der Waals surface area contributed by atoms with Gasteiger partial charge in [0.2, 0.25) is 0 Å². The van der Waals surface area contributed by atoms with E-state index in [4.69, 9.17) is 5.73 Å². The van der Waals surface area contributed by atoms with Gasteiger partial charge in [-0.05, 0) is 49.1 Å². The average molecular weight is 275 g/mol. The second kappa shape index (κ2) is 7.41. The first kappa shape index (κ1) is 15.0. The van der Waals surface area contributed by atoms with Crippen molar-refractivity contribution >= 4 is 0 Å². The summed E-state index contributed by atoms with van der Waals surface area (Å²) in [7, 11) is 0. The van der Waals surface area contributed by atoms with Crippen molar-refractivity contribution < 1.29 is 5.11 Å². The molecule has 1 unspecified atom stereocenters. The third-order valence-electron chi connectivity index (χ3n) is 3.78. The standard InChI is InChI=1S/C16H25N3O/c1-13-3-2-8-19(11-13)12-14-6-7-18-15(9-14)4-5-16(20)10-17/h5-7,9,13,20H,2-4,8,10-12,17H2,1H3. The normalized spacial score (nSPS) is 21.1. The van der Waals surface area contributed by atoms with Crippen LogP contribution in [-0.2, 0) is 13.0 Å². The first-order chi connectivity index (χ1) is 9.67. The molecule has 1 fully saturated rings. The molecule has 4 heteroatoms. The van der Waals surface area contributed by atoms with Crippen molar-refractivity contribution in [1.82, 2.24) is 9.88 Å². The zero-order chi connectivity index (χ0) is 14.4. The molecule has 20 heavy (non-hydrogen) atoms. The minimum absolute atomic E-state index is 0.186. The van der Waals surface area contributed by atoms with E-state index in [0.717, 1.165) is 18.2 Å². The van der Waals surface area contributed by atoms with Crippen LogP contribution >= 0.6 is 0 Å². The Bertz CT molecular complexity index is 459. The van der Waals surface area contributed by atoms with Crippen LogP contribution in [-0.4, -0.2) is 34.6 Å². The van der Waals surface area contributed by atoms with Crippen LogP contribution in [0.1, 0.15) is 31.0 Å². The maximum absolute atomic E-state index is 9.38. The van der Waals surface area contributed by atoms with E-state index in [9.17, 15) is 5.11 Å². The summed E-state index contributed by atoms with van der Waals surface area (Å²) in [6, 6.07) is 4.20. The third-order valence-corrected chi connectivity index (χ3v) is 3.78. The number of hydrogen-bond donors (Lipinski definition) is 2. The van der Waals surface area contributed by atoms with Gasteiger partial charge in [0, 0.05) is 31.4 Å². The van der Waals surface area contributed by atoms with Crippen molar-refractivity contribution in [3.05, 3.63) is 41.4 Å². The van der Waals surface area contributed by atoms with Crippen molar-refractivity contribution in [1.29, 1.82) is 0 Å². The van der Waals surface area contributed by atoms with Gasteiger partial charge in [0.1, 0.15) is 5.76 Å². The van der Waals surface area contributed by atoms with Gasteiger partial charge in [-0.3, -0.25) is 9.88 Å². The second-order valence-electron chi connectivity index (χ2n) is 5.74. The molecule has 0 saturated carbocycles. The predicted octanol–water partition coefficient (Wildman–Crippen LogP) is 2.26. The molecule has 2 heterocycles. The van der Waals surface area contributed by atoms with Gasteiger partial charge in [-0.1, -0.05) is 6.92 Å². The molecule has 1 aromatic heterocycles. The molecule has 1 aliphatic heterocycles. The zero-order valence-electron chi connectivity index (χ0n) is 12.3. The van der Waals surface area contributed by atoms with E-state index in [0.29, 0.717) is 6.42 Å². The van der Waals surface area contributed by atoms with Crippen molar-refractivity contribution in [3.63, 3.8) is 0 Å². The number of allylic oxidation sites excluding steroid dienone is 1. The van der Waals surface area contributed by atoms with Gasteiger partial charge in [0.05, 0.1) is 6.54 Å². The van der Waals surface area contributed by atoms with E-state index >= 15 is 0 Å². The van der Waals surface area contributed by atoms with Crippen LogP contribution in [0.2, 0.25) is 0 Å². The Morgan fingerprint density at radius 3 is 3.20 bits per heavy atom. The van der Waals surface area contributed by atoms with Crippen LogP contribution in [0.15, 0.2) is 30.2 Å². The number of piperidine rings is 1. The summed E-state index contributed by atoms with van der Waals surface area (Å²) in [5, 5.41) is 9.38. The molecule has 1 aliphatic rings. The lowest BCUT2D eigenvalue weighted by atomic mass is 10.00. The Kier molecular flexibility index (Phi) is 5.56. The Morgan fingerprint density at radius 2 is 2.45 bits per heavy atom. The first-order valence-electron chi connectivity index (χ1n) is 7.41. The maximum atomic E-state index is 9.38. The average Bonchev–Trinajstić information content (AvgIpc) is 2.45. The quantitative estimate of drug-likeness (QED) is 0.809. The number of pyridine rings is 1. The first-order valence-corrected chi connectivity index (χ1v) is 7.41. The molecular formula is C16H25N3O. The van der Waals surface area contributed by atoms with E-state index < -0.39 is 0 Å². The molecule has 0 radical (unpaired) electrons. The SMILES string of the molecule is CC1CCCN(Cc2ccnc(CC=C(O)CN)c2)C1. The lowest BCUT2D eigenvalue weighted by Crippen LogP contribution is -2.33. The Morgan fingerprint density at radius 1 is 1.60 bits per heavy atom. The highest BCUT2D eigenvalue weighted by Crippen LogP contribution is 2.18. The maximum Gasteiger partial charge on any atom is 0.102 e. The van der Waals surface area contributed by atoms with E-state index in [-0.39, 0.29) is 12.3 Å². The van der Waals surface area contributed by atoms with Gasteiger partial charge >= 0.3 is 0 Å². The lowest BCUT2D eigenvalue weighted by molar-refractivity contribution is 0.176. The van der Waals surface area contributed by atoms with E-state index in [1.54, 1.807) is 6.08 Å². The van der Waals surface area contributed by atoms with Gasteiger partial charge < -0.3 is 10.8 Å². The molecule has 0 aliphatic carbocycles. The molecule has 0 aromatic carbocycles. The largest absolute Gasteiger partial charge is 0.511 e. The highest BCUT2D eigenvalue weighted by atomic mass is 16.3. The smallest absolute Gasteiger partial charge is 0.102 e. The fraction of sp³-hybridized carbons (Fsp3) is 0.562. The molecule has 0 amide bonds. The van der Waals surface area contributed by atoms with E-state index in [1.165, 1.54) is 31.5 Å². The van der Waals surface area contributed by atoms with Crippen LogP contribution in [0.25, 0.3) is 0 Å². The summed E-state index contributed by atoms with van der Waals surface area (Å²) in [6.07, 6.45) is 6.86. The fourth-order valence-electron chi connectivity index (χ4n) is 2.73. The number of aromatic nitrogens is 1. The van der Waals surface area contributed by atoms with Crippen molar-refractivity contribution in [2.75, 3.05) is 19.6 Å². The number of aliphatic hydroxyl groups excluding tert-OH is 1. The van der Waals surface area contributed by atoms with E-state index in [1.807, 2.05) is 6.20 Å². The molecule has 0 spiro atoms. The Balaban J connectivity index is 1.95. The summed E-state index contributed by atoms with van der Waals surface area (Å²) in [4.78, 5) is 6.85. The van der Waals surface area contributed by atoms with Crippen LogP contribution in [0.3, 0.4) is 0 Å². The Hall–Kier alpha value is -1.39. The van der Waals surface area contributed by atoms with Crippen LogP contribution < -0.4 is 5.73 Å². The van der Waals surface area contributed by atoms with Crippen LogP contribution in [0.5, 0.6) is 0 Å². The summed E-state index contributed by atoms with van der Waals surface area (Å²) >= 11 is 0. The summed E-state index contributed by atoms with van der Waals surface area (Å²) in [5.41, 5.74) is 7.63.